The highest BCUT2D eigenvalue weighted by Crippen LogP contribution is 2.32. The molecule has 2 N–H and O–H groups in total. The van der Waals surface area contributed by atoms with Crippen molar-refractivity contribution >= 4 is 23.4 Å². The highest BCUT2D eigenvalue weighted by atomic mass is 19.1. The number of carbonyl (C=O) groups is 1. The minimum absolute atomic E-state index is 0.0774. The van der Waals surface area contributed by atoms with Gasteiger partial charge in [0.1, 0.15) is 23.3 Å². The van der Waals surface area contributed by atoms with Crippen molar-refractivity contribution in [1.82, 2.24) is 15.0 Å². The molecule has 1 aliphatic rings. The van der Waals surface area contributed by atoms with Crippen LogP contribution in [0.1, 0.15) is 18.2 Å². The number of nitrogens with one attached hydrogen (secondary N) is 2. The zero-order valence-corrected chi connectivity index (χ0v) is 16.8. The van der Waals surface area contributed by atoms with Crippen LogP contribution in [0.3, 0.4) is 0 Å². The zero-order chi connectivity index (χ0) is 21.3. The molecule has 3 heterocycles. The van der Waals surface area contributed by atoms with Gasteiger partial charge in [-0.05, 0) is 43.7 Å². The van der Waals surface area contributed by atoms with E-state index >= 15 is 0 Å². The number of amides is 1. The third-order valence-corrected chi connectivity index (χ3v) is 4.90. The van der Waals surface area contributed by atoms with Crippen LogP contribution in [-0.2, 0) is 11.3 Å². The van der Waals surface area contributed by atoms with Crippen LogP contribution in [0.25, 0.3) is 0 Å². The molecule has 0 spiro atoms. The Balaban J connectivity index is 1.43. The molecule has 0 unspecified atom stereocenters. The largest absolute Gasteiger partial charge is 0.439 e. The van der Waals surface area contributed by atoms with Crippen LogP contribution >= 0.6 is 0 Å². The molecular formula is C21H21FN6O2. The van der Waals surface area contributed by atoms with Crippen molar-refractivity contribution in [3.05, 3.63) is 59.7 Å². The molecule has 154 valence electrons. The molecule has 1 aliphatic heterocycles. The normalized spacial score (nSPS) is 15.4. The van der Waals surface area contributed by atoms with Crippen LogP contribution in [0.5, 0.6) is 11.6 Å². The quantitative estimate of drug-likeness (QED) is 0.667. The molecule has 0 aliphatic carbocycles. The third-order valence-electron chi connectivity index (χ3n) is 4.90. The maximum Gasteiger partial charge on any atom is 0.246 e. The van der Waals surface area contributed by atoms with Gasteiger partial charge >= 0.3 is 0 Å². The number of pyridine rings is 1. The number of halogens is 1. The van der Waals surface area contributed by atoms with Gasteiger partial charge in [-0.15, -0.1) is 0 Å². The predicted molar refractivity (Wildman–Crippen MR) is 111 cm³/mol. The maximum atomic E-state index is 13.0. The van der Waals surface area contributed by atoms with Gasteiger partial charge < -0.3 is 20.3 Å². The van der Waals surface area contributed by atoms with Gasteiger partial charge in [0.05, 0.1) is 5.69 Å². The van der Waals surface area contributed by atoms with Gasteiger partial charge in [0, 0.05) is 25.9 Å². The number of aryl methyl sites for hydroxylation is 1. The Morgan fingerprint density at radius 3 is 2.67 bits per heavy atom. The van der Waals surface area contributed by atoms with Gasteiger partial charge in [-0.1, -0.05) is 6.07 Å². The van der Waals surface area contributed by atoms with Crippen LogP contribution in [0.15, 0.2) is 42.6 Å². The molecule has 0 bridgehead atoms. The van der Waals surface area contributed by atoms with Gasteiger partial charge in [0.25, 0.3) is 0 Å². The molecule has 3 aromatic rings. The molecule has 1 atom stereocenters. The topological polar surface area (TPSA) is 92.3 Å². The summed E-state index contributed by atoms with van der Waals surface area (Å²) in [5.41, 5.74) is 2.24. The molecule has 0 radical (unpaired) electrons. The minimum atomic E-state index is -0.320. The van der Waals surface area contributed by atoms with Gasteiger partial charge in [-0.2, -0.15) is 4.98 Å². The van der Waals surface area contributed by atoms with E-state index in [9.17, 15) is 9.18 Å². The van der Waals surface area contributed by atoms with Gasteiger partial charge in [0.2, 0.25) is 17.7 Å². The van der Waals surface area contributed by atoms with Crippen LogP contribution < -0.4 is 20.3 Å². The van der Waals surface area contributed by atoms with Crippen molar-refractivity contribution in [2.75, 3.05) is 22.6 Å². The highest BCUT2D eigenvalue weighted by Gasteiger charge is 2.30. The molecule has 0 saturated heterocycles. The van der Waals surface area contributed by atoms with E-state index in [0.29, 0.717) is 41.3 Å². The fraction of sp³-hybridized carbons (Fsp3) is 0.238. The second-order valence-electron chi connectivity index (χ2n) is 7.02. The van der Waals surface area contributed by atoms with Crippen molar-refractivity contribution in [3.8, 4) is 11.6 Å². The van der Waals surface area contributed by atoms with Crippen LogP contribution in [0.2, 0.25) is 0 Å². The summed E-state index contributed by atoms with van der Waals surface area (Å²) in [4.78, 5) is 27.1. The van der Waals surface area contributed by atoms with Gasteiger partial charge in [-0.25, -0.2) is 14.4 Å². The van der Waals surface area contributed by atoms with E-state index in [4.69, 9.17) is 4.74 Å². The SMILES string of the molecule is Cc1nc(NCc2ccc(Oc3ccc(F)cc3)nc2)nc2c1NC(=O)[C@H](C)N2C. The summed E-state index contributed by atoms with van der Waals surface area (Å²) in [7, 11) is 1.84. The van der Waals surface area contributed by atoms with Crippen molar-refractivity contribution in [2.45, 2.75) is 26.4 Å². The molecule has 0 fully saturated rings. The molecule has 2 aromatic heterocycles. The Labute approximate surface area is 173 Å². The van der Waals surface area contributed by atoms with Crippen LogP contribution in [-0.4, -0.2) is 33.9 Å². The zero-order valence-electron chi connectivity index (χ0n) is 16.8. The number of hydrogen-bond donors (Lipinski definition) is 2. The summed E-state index contributed by atoms with van der Waals surface area (Å²) in [5, 5.41) is 6.05. The number of likely N-dealkylation sites (N-methyl/N-ethyl adjacent to an activating group) is 1. The first-order valence-corrected chi connectivity index (χ1v) is 9.45. The highest BCUT2D eigenvalue weighted by molar-refractivity contribution is 6.03. The summed E-state index contributed by atoms with van der Waals surface area (Å²) in [6.07, 6.45) is 1.69. The van der Waals surface area contributed by atoms with Crippen molar-refractivity contribution in [3.63, 3.8) is 0 Å². The lowest BCUT2D eigenvalue weighted by molar-refractivity contribution is -0.117. The Morgan fingerprint density at radius 1 is 1.20 bits per heavy atom. The number of hydrogen-bond acceptors (Lipinski definition) is 7. The van der Waals surface area contributed by atoms with Crippen LogP contribution in [0, 0.1) is 12.7 Å². The molecule has 1 amide bonds. The van der Waals surface area contributed by atoms with Gasteiger partial charge in [0.15, 0.2) is 5.82 Å². The second-order valence-corrected chi connectivity index (χ2v) is 7.02. The molecule has 8 nitrogen and oxygen atoms in total. The predicted octanol–water partition coefficient (Wildman–Crippen LogP) is 3.50. The first-order chi connectivity index (χ1) is 14.4. The number of anilines is 3. The minimum Gasteiger partial charge on any atom is -0.439 e. The summed E-state index contributed by atoms with van der Waals surface area (Å²) >= 11 is 0. The maximum absolute atomic E-state index is 13.0. The van der Waals surface area contributed by atoms with E-state index < -0.39 is 0 Å². The van der Waals surface area contributed by atoms with E-state index in [1.165, 1.54) is 12.1 Å². The Kier molecular flexibility index (Phi) is 5.18. The van der Waals surface area contributed by atoms with E-state index in [0.717, 1.165) is 5.56 Å². The Bertz CT molecular complexity index is 1070. The van der Waals surface area contributed by atoms with E-state index in [-0.39, 0.29) is 17.8 Å². The number of carbonyl (C=O) groups excluding carboxylic acids is 1. The molecule has 1 aromatic carbocycles. The Morgan fingerprint density at radius 2 is 1.97 bits per heavy atom. The fourth-order valence-electron chi connectivity index (χ4n) is 3.01. The monoisotopic (exact) mass is 408 g/mol. The Hall–Kier alpha value is -3.75. The molecule has 4 rings (SSSR count). The number of fused-ring (bicyclic) bond motifs is 1. The second kappa shape index (κ2) is 7.94. The molecule has 30 heavy (non-hydrogen) atoms. The lowest BCUT2D eigenvalue weighted by Crippen LogP contribution is -2.44. The number of aromatic nitrogens is 3. The van der Waals surface area contributed by atoms with Crippen molar-refractivity contribution in [1.29, 1.82) is 0 Å². The number of benzene rings is 1. The van der Waals surface area contributed by atoms with E-state index in [1.54, 1.807) is 24.4 Å². The summed E-state index contributed by atoms with van der Waals surface area (Å²) < 4.78 is 18.6. The van der Waals surface area contributed by atoms with E-state index in [2.05, 4.69) is 25.6 Å². The van der Waals surface area contributed by atoms with E-state index in [1.807, 2.05) is 31.9 Å². The summed E-state index contributed by atoms with van der Waals surface area (Å²) in [5.74, 6) is 1.67. The summed E-state index contributed by atoms with van der Waals surface area (Å²) in [6.45, 7) is 4.12. The number of ether oxygens (including phenoxy) is 1. The number of nitrogens with zero attached hydrogens (tertiary/aromatic N) is 4. The summed E-state index contributed by atoms with van der Waals surface area (Å²) in [6, 6.07) is 9.06. The van der Waals surface area contributed by atoms with Crippen molar-refractivity contribution < 1.29 is 13.9 Å². The standard InChI is InChI=1S/C21H21FN6O2/c1-12-18-19(28(3)13(2)20(29)26-18)27-21(25-12)24-11-14-4-9-17(23-10-14)30-16-7-5-15(22)6-8-16/h4-10,13H,11H2,1-3H3,(H,26,29)(H,24,25,27)/t13-/m0/s1. The lowest BCUT2D eigenvalue weighted by atomic mass is 10.2. The fourth-order valence-corrected chi connectivity index (χ4v) is 3.01. The average molecular weight is 408 g/mol. The first kappa shape index (κ1) is 19.6. The third kappa shape index (κ3) is 4.00. The average Bonchev–Trinajstić information content (AvgIpc) is 2.74. The molecule has 9 heteroatoms. The lowest BCUT2D eigenvalue weighted by Gasteiger charge is -2.32. The van der Waals surface area contributed by atoms with Crippen LogP contribution in [0.4, 0.5) is 21.8 Å². The first-order valence-electron chi connectivity index (χ1n) is 9.45. The molecular weight excluding hydrogens is 387 g/mol. The molecule has 0 saturated carbocycles. The number of rotatable bonds is 5. The van der Waals surface area contributed by atoms with Gasteiger partial charge in [-0.3, -0.25) is 4.79 Å². The van der Waals surface area contributed by atoms with Crippen molar-refractivity contribution in [2.24, 2.45) is 0 Å². The smallest absolute Gasteiger partial charge is 0.246 e.